The molecule has 2 aromatic rings. The number of carbonyl (C=O) groups excluding carboxylic acids is 1. The number of nitrogens with one attached hydrogen (secondary N) is 1. The number of aromatic nitrogens is 2. The molecule has 0 saturated carbocycles. The van der Waals surface area contributed by atoms with Crippen molar-refractivity contribution in [3.05, 3.63) is 48.5 Å². The number of phenolic OH excluding ortho intramolecular Hbond substituents is 1. The lowest BCUT2D eigenvalue weighted by Gasteiger charge is -2.05. The van der Waals surface area contributed by atoms with Crippen LogP contribution in [-0.4, -0.2) is 27.1 Å². The number of aromatic hydroxyl groups is 1. The van der Waals surface area contributed by atoms with Crippen LogP contribution in [0.15, 0.2) is 43.0 Å². The minimum Gasteiger partial charge on any atom is -0.508 e. The van der Waals surface area contributed by atoms with Crippen molar-refractivity contribution in [2.45, 2.75) is 6.54 Å². The van der Waals surface area contributed by atoms with Crippen LogP contribution in [0.4, 0.5) is 0 Å². The van der Waals surface area contributed by atoms with Crippen molar-refractivity contribution >= 4 is 5.91 Å². The highest BCUT2D eigenvalue weighted by Crippen LogP contribution is 2.09. The topological polar surface area (TPSA) is 67.2 Å². The number of amides is 1. The molecule has 0 radical (unpaired) electrons. The summed E-state index contributed by atoms with van der Waals surface area (Å²) in [5.74, 6) is 0.00470. The molecule has 0 bridgehead atoms. The first-order valence-corrected chi connectivity index (χ1v) is 5.29. The molecule has 88 valence electrons. The van der Waals surface area contributed by atoms with Gasteiger partial charge in [-0.3, -0.25) is 4.79 Å². The molecule has 1 aromatic heterocycles. The first kappa shape index (κ1) is 11.2. The van der Waals surface area contributed by atoms with Gasteiger partial charge in [-0.2, -0.15) is 0 Å². The SMILES string of the molecule is O=C(NCCn1ccnc1)c1ccc(O)cc1. The zero-order valence-corrected chi connectivity index (χ0v) is 9.21. The first-order chi connectivity index (χ1) is 8.25. The Morgan fingerprint density at radius 3 is 2.76 bits per heavy atom. The molecule has 2 rings (SSSR count). The summed E-state index contributed by atoms with van der Waals surface area (Å²) in [7, 11) is 0. The van der Waals surface area contributed by atoms with E-state index in [1.807, 2.05) is 10.8 Å². The third-order valence-corrected chi connectivity index (χ3v) is 2.34. The number of hydrogen-bond donors (Lipinski definition) is 2. The molecule has 5 nitrogen and oxygen atoms in total. The van der Waals surface area contributed by atoms with Gasteiger partial charge in [0, 0.05) is 31.0 Å². The number of hydrogen-bond acceptors (Lipinski definition) is 3. The molecule has 0 saturated heterocycles. The maximum absolute atomic E-state index is 11.7. The summed E-state index contributed by atoms with van der Waals surface area (Å²) in [4.78, 5) is 15.6. The van der Waals surface area contributed by atoms with Gasteiger partial charge in [0.05, 0.1) is 6.33 Å². The van der Waals surface area contributed by atoms with Crippen LogP contribution in [-0.2, 0) is 6.54 Å². The van der Waals surface area contributed by atoms with Crippen LogP contribution >= 0.6 is 0 Å². The molecular weight excluding hydrogens is 218 g/mol. The fourth-order valence-electron chi connectivity index (χ4n) is 1.43. The molecule has 5 heteroatoms. The maximum Gasteiger partial charge on any atom is 0.251 e. The Morgan fingerprint density at radius 1 is 1.35 bits per heavy atom. The second-order valence-electron chi connectivity index (χ2n) is 3.60. The van der Waals surface area contributed by atoms with Crippen molar-refractivity contribution in [3.63, 3.8) is 0 Å². The minimum atomic E-state index is -0.148. The van der Waals surface area contributed by atoms with Crippen molar-refractivity contribution in [3.8, 4) is 5.75 Å². The van der Waals surface area contributed by atoms with Crippen molar-refractivity contribution < 1.29 is 9.90 Å². The van der Waals surface area contributed by atoms with Crippen molar-refractivity contribution in [1.82, 2.24) is 14.9 Å². The van der Waals surface area contributed by atoms with Crippen LogP contribution in [0.1, 0.15) is 10.4 Å². The molecule has 0 fully saturated rings. The number of phenols is 1. The van der Waals surface area contributed by atoms with E-state index in [1.165, 1.54) is 12.1 Å². The molecule has 1 amide bonds. The molecule has 0 aliphatic rings. The Hall–Kier alpha value is -2.30. The quantitative estimate of drug-likeness (QED) is 0.825. The summed E-state index contributed by atoms with van der Waals surface area (Å²) in [6.07, 6.45) is 5.24. The van der Waals surface area contributed by atoms with Crippen LogP contribution in [0.3, 0.4) is 0 Å². The highest BCUT2D eigenvalue weighted by atomic mass is 16.3. The maximum atomic E-state index is 11.7. The molecule has 1 heterocycles. The van der Waals surface area contributed by atoms with Gasteiger partial charge in [0.1, 0.15) is 5.75 Å². The normalized spacial score (nSPS) is 10.1. The lowest BCUT2D eigenvalue weighted by atomic mass is 10.2. The standard InChI is InChI=1S/C12H13N3O2/c16-11-3-1-10(2-4-11)12(17)14-6-8-15-7-5-13-9-15/h1-5,7,9,16H,6,8H2,(H,14,17). The molecule has 0 spiro atoms. The predicted molar refractivity (Wildman–Crippen MR) is 62.7 cm³/mol. The van der Waals surface area contributed by atoms with Crippen LogP contribution in [0, 0.1) is 0 Å². The Bertz CT molecular complexity index is 477. The predicted octanol–water partition coefficient (Wildman–Crippen LogP) is 1.02. The van der Waals surface area contributed by atoms with E-state index in [0.717, 1.165) is 0 Å². The molecular formula is C12H13N3O2. The first-order valence-electron chi connectivity index (χ1n) is 5.29. The molecule has 0 unspecified atom stereocenters. The molecule has 0 aliphatic heterocycles. The zero-order valence-electron chi connectivity index (χ0n) is 9.21. The third-order valence-electron chi connectivity index (χ3n) is 2.34. The minimum absolute atomic E-state index is 0.148. The summed E-state index contributed by atoms with van der Waals surface area (Å²) >= 11 is 0. The Kier molecular flexibility index (Phi) is 3.40. The van der Waals surface area contributed by atoms with Crippen molar-refractivity contribution in [1.29, 1.82) is 0 Å². The number of rotatable bonds is 4. The number of nitrogens with zero attached hydrogens (tertiary/aromatic N) is 2. The zero-order chi connectivity index (χ0) is 12.1. The van der Waals surface area contributed by atoms with E-state index in [1.54, 1.807) is 24.7 Å². The summed E-state index contributed by atoms with van der Waals surface area (Å²) in [6.45, 7) is 1.22. The molecule has 0 aliphatic carbocycles. The molecule has 17 heavy (non-hydrogen) atoms. The Balaban J connectivity index is 1.83. The fourth-order valence-corrected chi connectivity index (χ4v) is 1.43. The number of benzene rings is 1. The van der Waals surface area contributed by atoms with Gasteiger partial charge in [-0.25, -0.2) is 4.98 Å². The van der Waals surface area contributed by atoms with Gasteiger partial charge >= 0.3 is 0 Å². The van der Waals surface area contributed by atoms with E-state index in [4.69, 9.17) is 5.11 Å². The van der Waals surface area contributed by atoms with Gasteiger partial charge in [-0.1, -0.05) is 0 Å². The van der Waals surface area contributed by atoms with E-state index < -0.39 is 0 Å². The van der Waals surface area contributed by atoms with Gasteiger partial charge in [-0.15, -0.1) is 0 Å². The van der Waals surface area contributed by atoms with Gasteiger partial charge < -0.3 is 15.0 Å². The monoisotopic (exact) mass is 231 g/mol. The highest BCUT2D eigenvalue weighted by molar-refractivity contribution is 5.94. The largest absolute Gasteiger partial charge is 0.508 e. The van der Waals surface area contributed by atoms with Gasteiger partial charge in [0.15, 0.2) is 0 Å². The highest BCUT2D eigenvalue weighted by Gasteiger charge is 2.03. The Labute approximate surface area is 98.7 Å². The average Bonchev–Trinajstić information content (AvgIpc) is 2.83. The van der Waals surface area contributed by atoms with Crippen LogP contribution in [0.25, 0.3) is 0 Å². The molecule has 2 N–H and O–H groups in total. The number of carbonyl (C=O) groups is 1. The van der Waals surface area contributed by atoms with Gasteiger partial charge in [-0.05, 0) is 24.3 Å². The van der Waals surface area contributed by atoms with Crippen molar-refractivity contribution in [2.75, 3.05) is 6.54 Å². The Morgan fingerprint density at radius 2 is 2.12 bits per heavy atom. The molecule has 1 aromatic carbocycles. The lowest BCUT2D eigenvalue weighted by Crippen LogP contribution is -2.26. The number of imidazole rings is 1. The van der Waals surface area contributed by atoms with E-state index in [9.17, 15) is 4.79 Å². The summed E-state index contributed by atoms with van der Waals surface area (Å²) in [5, 5.41) is 11.9. The van der Waals surface area contributed by atoms with E-state index in [2.05, 4.69) is 10.3 Å². The van der Waals surface area contributed by atoms with Crippen LogP contribution in [0.5, 0.6) is 5.75 Å². The average molecular weight is 231 g/mol. The second kappa shape index (κ2) is 5.16. The lowest BCUT2D eigenvalue weighted by molar-refractivity contribution is 0.0952. The van der Waals surface area contributed by atoms with Gasteiger partial charge in [0.25, 0.3) is 5.91 Å². The summed E-state index contributed by atoms with van der Waals surface area (Å²) in [6, 6.07) is 6.15. The third kappa shape index (κ3) is 3.07. The fraction of sp³-hybridized carbons (Fsp3) is 0.167. The van der Waals surface area contributed by atoms with E-state index >= 15 is 0 Å². The summed E-state index contributed by atoms with van der Waals surface area (Å²) in [5.41, 5.74) is 0.536. The van der Waals surface area contributed by atoms with E-state index in [-0.39, 0.29) is 11.7 Å². The van der Waals surface area contributed by atoms with Crippen LogP contribution < -0.4 is 5.32 Å². The molecule has 0 atom stereocenters. The summed E-state index contributed by atoms with van der Waals surface area (Å²) < 4.78 is 1.89. The van der Waals surface area contributed by atoms with Crippen LogP contribution in [0.2, 0.25) is 0 Å². The van der Waals surface area contributed by atoms with E-state index in [0.29, 0.717) is 18.7 Å². The second-order valence-corrected chi connectivity index (χ2v) is 3.60. The van der Waals surface area contributed by atoms with Gasteiger partial charge in [0.2, 0.25) is 0 Å². The smallest absolute Gasteiger partial charge is 0.251 e. The van der Waals surface area contributed by atoms with Crippen molar-refractivity contribution in [2.24, 2.45) is 0 Å².